The van der Waals surface area contributed by atoms with E-state index in [1.54, 1.807) is 22.6 Å². The molecule has 182 valence electrons. The van der Waals surface area contributed by atoms with Crippen LogP contribution in [-0.2, 0) is 16.6 Å². The molecule has 2 atom stereocenters. The lowest BCUT2D eigenvalue weighted by Gasteiger charge is -2.23. The molecule has 0 N–H and O–H groups in total. The largest absolute Gasteiger partial charge is 0.461 e. The van der Waals surface area contributed by atoms with Crippen LogP contribution in [0.3, 0.4) is 0 Å². The highest BCUT2D eigenvalue weighted by atomic mass is 32.2. The number of aryl methyl sites for hydroxylation is 1. The summed E-state index contributed by atoms with van der Waals surface area (Å²) >= 11 is 0. The molecule has 0 bridgehead atoms. The van der Waals surface area contributed by atoms with Gasteiger partial charge in [-0.3, -0.25) is 4.98 Å². The molecule has 0 saturated heterocycles. The van der Waals surface area contributed by atoms with Gasteiger partial charge in [-0.1, -0.05) is 60.2 Å². The molecule has 3 aromatic carbocycles. The number of pyridine rings is 1. The second-order valence-electron chi connectivity index (χ2n) is 9.72. The molecule has 0 radical (unpaired) electrons. The van der Waals surface area contributed by atoms with Gasteiger partial charge in [0.25, 0.3) is 0 Å². The molecule has 6 rings (SSSR count). The van der Waals surface area contributed by atoms with Crippen molar-refractivity contribution >= 4 is 31.9 Å². The summed E-state index contributed by atoms with van der Waals surface area (Å²) in [6, 6.07) is 27.1. The fourth-order valence-corrected chi connectivity index (χ4v) is 6.47. The maximum atomic E-state index is 13.8. The van der Waals surface area contributed by atoms with Crippen molar-refractivity contribution in [3.05, 3.63) is 108 Å². The number of rotatable bonds is 8. The minimum Gasteiger partial charge on any atom is -0.461 e. The van der Waals surface area contributed by atoms with Crippen molar-refractivity contribution in [2.75, 3.05) is 6.54 Å². The number of fused-ring (bicyclic) bond motifs is 2. The quantitative estimate of drug-likeness (QED) is 0.241. The number of benzene rings is 3. The number of para-hydroxylation sites is 2. The van der Waals surface area contributed by atoms with Crippen molar-refractivity contribution in [1.29, 1.82) is 0 Å². The molecule has 2 heterocycles. The predicted molar refractivity (Wildman–Crippen MR) is 142 cm³/mol. The topological polar surface area (TPSA) is 63.4 Å². The van der Waals surface area contributed by atoms with Crippen LogP contribution < -0.4 is 0 Å². The minimum absolute atomic E-state index is 0.284. The van der Waals surface area contributed by atoms with E-state index in [-0.39, 0.29) is 6.54 Å². The van der Waals surface area contributed by atoms with E-state index in [1.165, 1.54) is 0 Å². The van der Waals surface area contributed by atoms with Crippen molar-refractivity contribution in [2.45, 2.75) is 37.1 Å². The Balaban J connectivity index is 1.26. The van der Waals surface area contributed by atoms with E-state index in [0.29, 0.717) is 23.3 Å². The van der Waals surface area contributed by atoms with Gasteiger partial charge in [-0.05, 0) is 61.6 Å². The Morgan fingerprint density at radius 1 is 0.944 bits per heavy atom. The van der Waals surface area contributed by atoms with E-state index in [2.05, 4.69) is 17.1 Å². The van der Waals surface area contributed by atoms with Gasteiger partial charge in [0.15, 0.2) is 0 Å². The van der Waals surface area contributed by atoms with Gasteiger partial charge in [0.05, 0.1) is 10.4 Å². The van der Waals surface area contributed by atoms with Gasteiger partial charge in [0.2, 0.25) is 10.0 Å². The molecule has 36 heavy (non-hydrogen) atoms. The molecule has 0 unspecified atom stereocenters. The number of hydrogen-bond acceptors (Lipinski definition) is 4. The standard InChI is InChI=1S/C30H28N2O3S/c1-21-11-13-26(14-12-21)36(33,34)32(20-25-8-4-7-22-9-5-16-31-30(22)25)17-15-23-18-27(23)29-19-24-6-2-3-10-28(24)35-29/h2-14,16,19,23,27H,15,17-18,20H2,1H3/t23-,27-/m1/s1. The molecule has 1 aliphatic rings. The SMILES string of the molecule is Cc1ccc(S(=O)(=O)N(CC[C@@H]2C[C@H]2c2cc3ccccc3o2)Cc2cccc3cccnc23)cc1. The number of hydrogen-bond donors (Lipinski definition) is 0. The summed E-state index contributed by atoms with van der Waals surface area (Å²) in [5.74, 6) is 1.76. The highest BCUT2D eigenvalue weighted by Crippen LogP contribution is 2.51. The van der Waals surface area contributed by atoms with Crippen molar-refractivity contribution in [2.24, 2.45) is 5.92 Å². The van der Waals surface area contributed by atoms with Crippen LogP contribution in [0.4, 0.5) is 0 Å². The second kappa shape index (κ2) is 9.19. The average molecular weight is 497 g/mol. The number of furan rings is 1. The maximum Gasteiger partial charge on any atom is 0.243 e. The Morgan fingerprint density at radius 2 is 1.72 bits per heavy atom. The van der Waals surface area contributed by atoms with Crippen molar-refractivity contribution in [3.63, 3.8) is 0 Å². The summed E-state index contributed by atoms with van der Waals surface area (Å²) < 4.78 is 35.2. The van der Waals surface area contributed by atoms with Crippen molar-refractivity contribution in [1.82, 2.24) is 9.29 Å². The second-order valence-corrected chi connectivity index (χ2v) is 11.7. The molecule has 6 heteroatoms. The molecule has 1 fully saturated rings. The smallest absolute Gasteiger partial charge is 0.243 e. The highest BCUT2D eigenvalue weighted by molar-refractivity contribution is 7.89. The summed E-state index contributed by atoms with van der Waals surface area (Å²) in [6.45, 7) is 2.69. The molecular weight excluding hydrogens is 468 g/mol. The lowest BCUT2D eigenvalue weighted by molar-refractivity contribution is 0.388. The predicted octanol–water partition coefficient (Wildman–Crippen LogP) is 6.67. The molecule has 2 aromatic heterocycles. The Labute approximate surface area is 211 Å². The van der Waals surface area contributed by atoms with Crippen LogP contribution in [0.5, 0.6) is 0 Å². The van der Waals surface area contributed by atoms with Crippen molar-refractivity contribution in [3.8, 4) is 0 Å². The lowest BCUT2D eigenvalue weighted by atomic mass is 10.1. The van der Waals surface area contributed by atoms with Gasteiger partial charge in [0, 0.05) is 36.0 Å². The van der Waals surface area contributed by atoms with E-state index in [9.17, 15) is 8.42 Å². The molecule has 5 nitrogen and oxygen atoms in total. The van der Waals surface area contributed by atoms with Crippen LogP contribution in [0.2, 0.25) is 0 Å². The van der Waals surface area contributed by atoms with Gasteiger partial charge < -0.3 is 4.42 Å². The van der Waals surface area contributed by atoms with E-state index in [0.717, 1.165) is 51.6 Å². The zero-order chi connectivity index (χ0) is 24.7. The first-order chi connectivity index (χ1) is 17.5. The molecule has 5 aromatic rings. The lowest BCUT2D eigenvalue weighted by Crippen LogP contribution is -2.32. The maximum absolute atomic E-state index is 13.8. The number of nitrogens with zero attached hydrogens (tertiary/aromatic N) is 2. The normalized spacial score (nSPS) is 17.7. The molecule has 0 amide bonds. The summed E-state index contributed by atoms with van der Waals surface area (Å²) in [7, 11) is -3.67. The van der Waals surface area contributed by atoms with Gasteiger partial charge in [-0.15, -0.1) is 0 Å². The highest BCUT2D eigenvalue weighted by Gasteiger charge is 2.41. The summed E-state index contributed by atoms with van der Waals surface area (Å²) in [6.07, 6.45) is 3.56. The van der Waals surface area contributed by atoms with E-state index in [1.807, 2.05) is 67.6 Å². The number of aromatic nitrogens is 1. The Bertz CT molecular complexity index is 1600. The first-order valence-electron chi connectivity index (χ1n) is 12.4. The van der Waals surface area contributed by atoms with Crippen LogP contribution in [0.15, 0.2) is 100 Å². The number of sulfonamides is 1. The van der Waals surface area contributed by atoms with Crippen LogP contribution in [0.1, 0.15) is 35.6 Å². The minimum atomic E-state index is -3.67. The Hall–Kier alpha value is -3.48. The van der Waals surface area contributed by atoms with Gasteiger partial charge in [-0.2, -0.15) is 4.31 Å². The third-order valence-electron chi connectivity index (χ3n) is 7.20. The molecule has 0 spiro atoms. The third-order valence-corrected chi connectivity index (χ3v) is 9.06. The van der Waals surface area contributed by atoms with E-state index >= 15 is 0 Å². The molecule has 1 aliphatic carbocycles. The molecule has 1 saturated carbocycles. The first kappa shape index (κ1) is 23.0. The van der Waals surface area contributed by atoms with E-state index < -0.39 is 10.0 Å². The Morgan fingerprint density at radius 3 is 2.56 bits per heavy atom. The van der Waals surface area contributed by atoms with Crippen molar-refractivity contribution < 1.29 is 12.8 Å². The summed E-state index contributed by atoms with van der Waals surface area (Å²) in [5, 5.41) is 2.13. The summed E-state index contributed by atoms with van der Waals surface area (Å²) in [4.78, 5) is 4.87. The third kappa shape index (κ3) is 4.43. The van der Waals surface area contributed by atoms with Gasteiger partial charge in [-0.25, -0.2) is 8.42 Å². The molecular formula is C30H28N2O3S. The Kier molecular flexibility index (Phi) is 5.86. The fourth-order valence-electron chi connectivity index (χ4n) is 5.04. The molecule has 0 aliphatic heterocycles. The van der Waals surface area contributed by atoms with Crippen LogP contribution >= 0.6 is 0 Å². The zero-order valence-corrected chi connectivity index (χ0v) is 21.0. The van der Waals surface area contributed by atoms with Crippen LogP contribution in [0, 0.1) is 12.8 Å². The monoisotopic (exact) mass is 496 g/mol. The summed E-state index contributed by atoms with van der Waals surface area (Å²) in [5.41, 5.74) is 3.69. The van der Waals surface area contributed by atoms with Crippen LogP contribution in [-0.4, -0.2) is 24.3 Å². The van der Waals surface area contributed by atoms with Gasteiger partial charge >= 0.3 is 0 Å². The van der Waals surface area contributed by atoms with Gasteiger partial charge in [0.1, 0.15) is 11.3 Å². The van der Waals surface area contributed by atoms with Crippen LogP contribution in [0.25, 0.3) is 21.9 Å². The zero-order valence-electron chi connectivity index (χ0n) is 20.2. The van der Waals surface area contributed by atoms with E-state index in [4.69, 9.17) is 4.42 Å². The average Bonchev–Trinajstić information content (AvgIpc) is 3.54. The first-order valence-corrected chi connectivity index (χ1v) is 13.8. The fraction of sp³-hybridized carbons (Fsp3) is 0.233.